The largest absolute Gasteiger partial charge is 0.481 e. The lowest BCUT2D eigenvalue weighted by atomic mass is 9.92. The lowest BCUT2D eigenvalue weighted by molar-refractivity contribution is -0.137. The Hall–Kier alpha value is -1.69. The van der Waals surface area contributed by atoms with E-state index in [9.17, 15) is 9.59 Å². The van der Waals surface area contributed by atoms with Crippen LogP contribution < -0.4 is 5.32 Å². The van der Waals surface area contributed by atoms with E-state index in [1.807, 2.05) is 6.92 Å². The van der Waals surface area contributed by atoms with Crippen molar-refractivity contribution in [3.8, 4) is 0 Å². The molecule has 0 radical (unpaired) electrons. The van der Waals surface area contributed by atoms with Crippen molar-refractivity contribution in [3.05, 3.63) is 23.4 Å². The number of likely N-dealkylation sites (N-methyl/N-ethyl adjacent to an activating group) is 1. The van der Waals surface area contributed by atoms with Crippen LogP contribution in [0.1, 0.15) is 72.1 Å². The summed E-state index contributed by atoms with van der Waals surface area (Å²) >= 11 is 5.46. The minimum atomic E-state index is -0.736. The van der Waals surface area contributed by atoms with Crippen LogP contribution in [-0.4, -0.2) is 41.0 Å². The first-order valence-corrected chi connectivity index (χ1v) is 10.2. The molecule has 0 aliphatic carbocycles. The minimum absolute atomic E-state index is 0.0167. The molecule has 0 aliphatic heterocycles. The Labute approximate surface area is 169 Å². The maximum Gasteiger partial charge on any atom is 0.303 e. The molecule has 1 atom stereocenters. The number of carboxylic acid groups (broad SMARTS) is 1. The maximum atomic E-state index is 11.7. The number of unbranched alkanes of at least 4 members (excludes halogenated alkanes) is 2. The molecule has 0 saturated carbocycles. The predicted molar refractivity (Wildman–Crippen MR) is 116 cm³/mol. The highest BCUT2D eigenvalue weighted by atomic mass is 32.1. The molecule has 0 aliphatic rings. The van der Waals surface area contributed by atoms with E-state index in [1.54, 1.807) is 25.9 Å². The first-order valence-electron chi connectivity index (χ1n) is 9.79. The van der Waals surface area contributed by atoms with Crippen LogP contribution in [0.15, 0.2) is 23.4 Å². The monoisotopic (exact) mass is 396 g/mol. The van der Waals surface area contributed by atoms with Crippen molar-refractivity contribution in [3.63, 3.8) is 0 Å². The average molecular weight is 397 g/mol. The fourth-order valence-corrected chi connectivity index (χ4v) is 3.10. The van der Waals surface area contributed by atoms with Crippen LogP contribution in [-0.2, 0) is 9.59 Å². The van der Waals surface area contributed by atoms with Crippen molar-refractivity contribution in [1.29, 1.82) is 0 Å². The zero-order valence-electron chi connectivity index (χ0n) is 17.5. The summed E-state index contributed by atoms with van der Waals surface area (Å²) in [6, 6.07) is 0. The fraction of sp³-hybridized carbons (Fsp3) is 0.667. The second kappa shape index (κ2) is 14.4. The predicted octanol–water partition coefficient (Wildman–Crippen LogP) is 4.68. The van der Waals surface area contributed by atoms with E-state index in [2.05, 4.69) is 24.4 Å². The van der Waals surface area contributed by atoms with Crippen LogP contribution in [0.3, 0.4) is 0 Å². The van der Waals surface area contributed by atoms with Crippen molar-refractivity contribution in [2.24, 2.45) is 5.92 Å². The topological polar surface area (TPSA) is 69.6 Å². The van der Waals surface area contributed by atoms with Gasteiger partial charge in [0.05, 0.1) is 0 Å². The summed E-state index contributed by atoms with van der Waals surface area (Å²) in [4.78, 5) is 24.7. The Bertz CT molecular complexity index is 556. The molecule has 5 nitrogen and oxygen atoms in total. The summed E-state index contributed by atoms with van der Waals surface area (Å²) in [6.07, 6.45) is 11.1. The summed E-state index contributed by atoms with van der Waals surface area (Å²) in [5, 5.41) is 11.8. The summed E-state index contributed by atoms with van der Waals surface area (Å²) in [5.74, 6) is -0.368. The summed E-state index contributed by atoms with van der Waals surface area (Å²) < 4.78 is 0. The van der Waals surface area contributed by atoms with Gasteiger partial charge >= 0.3 is 5.97 Å². The molecule has 0 aromatic heterocycles. The van der Waals surface area contributed by atoms with Gasteiger partial charge in [0.1, 0.15) is 4.99 Å². The van der Waals surface area contributed by atoms with Crippen molar-refractivity contribution >= 4 is 29.1 Å². The standard InChI is InChI=1S/C21H36N2O3S/c1-6-7-8-11-18(12-9-10-13-20(25)26)14-15-19(21(27)22-4)16(2)23(5)17(3)24/h8,11,18H,6-7,9-10,12-15H2,1-5H3,(H,22,27)(H,25,26)/b11-8+,19-16-. The fourth-order valence-electron chi connectivity index (χ4n) is 2.85. The van der Waals surface area contributed by atoms with E-state index in [0.717, 1.165) is 49.8 Å². The smallest absolute Gasteiger partial charge is 0.303 e. The first kappa shape index (κ1) is 25.3. The number of hydrogen-bond donors (Lipinski definition) is 2. The Morgan fingerprint density at radius 2 is 1.85 bits per heavy atom. The molecule has 2 N–H and O–H groups in total. The quantitative estimate of drug-likeness (QED) is 0.205. The molecule has 0 aromatic carbocycles. The van der Waals surface area contributed by atoms with E-state index >= 15 is 0 Å². The van der Waals surface area contributed by atoms with E-state index in [-0.39, 0.29) is 12.3 Å². The third-order valence-corrected chi connectivity index (χ3v) is 5.21. The van der Waals surface area contributed by atoms with Gasteiger partial charge < -0.3 is 15.3 Å². The molecule has 0 spiro atoms. The maximum absolute atomic E-state index is 11.7. The molecule has 27 heavy (non-hydrogen) atoms. The van der Waals surface area contributed by atoms with E-state index in [4.69, 9.17) is 17.3 Å². The number of hydrogen-bond acceptors (Lipinski definition) is 3. The molecule has 0 aromatic rings. The van der Waals surface area contributed by atoms with Gasteiger partial charge in [0.15, 0.2) is 0 Å². The van der Waals surface area contributed by atoms with Crippen LogP contribution in [0.5, 0.6) is 0 Å². The number of rotatable bonds is 13. The molecule has 0 rings (SSSR count). The summed E-state index contributed by atoms with van der Waals surface area (Å²) in [6.45, 7) is 5.62. The Balaban J connectivity index is 5.11. The minimum Gasteiger partial charge on any atom is -0.481 e. The number of nitrogens with zero attached hydrogens (tertiary/aromatic N) is 1. The zero-order valence-corrected chi connectivity index (χ0v) is 18.3. The molecular weight excluding hydrogens is 360 g/mol. The van der Waals surface area contributed by atoms with Crippen molar-refractivity contribution in [2.75, 3.05) is 14.1 Å². The van der Waals surface area contributed by atoms with Crippen molar-refractivity contribution in [1.82, 2.24) is 10.2 Å². The van der Waals surface area contributed by atoms with Gasteiger partial charge in [-0.1, -0.05) is 44.1 Å². The number of carbonyl (C=O) groups is 2. The molecule has 1 amide bonds. The number of allylic oxidation sites excluding steroid dienone is 3. The van der Waals surface area contributed by atoms with E-state index in [1.165, 1.54) is 0 Å². The Kier molecular flexibility index (Phi) is 13.5. The SMILES string of the molecule is CCC/C=C/C(CCCCC(=O)O)CC/C(C(=S)NC)=C(\C)N(C)C(C)=O. The van der Waals surface area contributed by atoms with Crippen LogP contribution in [0.4, 0.5) is 0 Å². The summed E-state index contributed by atoms with van der Waals surface area (Å²) in [5.41, 5.74) is 1.87. The van der Waals surface area contributed by atoms with Gasteiger partial charge in [-0.2, -0.15) is 0 Å². The van der Waals surface area contributed by atoms with Gasteiger partial charge in [-0.25, -0.2) is 0 Å². The molecule has 154 valence electrons. The van der Waals surface area contributed by atoms with Gasteiger partial charge in [-0.05, 0) is 44.9 Å². The Morgan fingerprint density at radius 1 is 1.19 bits per heavy atom. The van der Waals surface area contributed by atoms with Gasteiger partial charge in [0.25, 0.3) is 0 Å². The number of carboxylic acids is 1. The van der Waals surface area contributed by atoms with Crippen molar-refractivity contribution in [2.45, 2.75) is 72.1 Å². The number of amides is 1. The highest BCUT2D eigenvalue weighted by Crippen LogP contribution is 2.23. The number of thiocarbonyl (C=S) groups is 1. The third-order valence-electron chi connectivity index (χ3n) is 4.76. The lowest BCUT2D eigenvalue weighted by Gasteiger charge is -2.22. The van der Waals surface area contributed by atoms with E-state index < -0.39 is 5.97 Å². The first-order chi connectivity index (χ1) is 12.7. The van der Waals surface area contributed by atoms with Gasteiger partial charge in [-0.3, -0.25) is 9.59 Å². The molecule has 0 bridgehead atoms. The van der Waals surface area contributed by atoms with E-state index in [0.29, 0.717) is 17.3 Å². The second-order valence-electron chi connectivity index (χ2n) is 6.88. The second-order valence-corrected chi connectivity index (χ2v) is 7.28. The summed E-state index contributed by atoms with van der Waals surface area (Å²) in [7, 11) is 3.56. The van der Waals surface area contributed by atoms with Crippen LogP contribution in [0, 0.1) is 5.92 Å². The Morgan fingerprint density at radius 3 is 2.37 bits per heavy atom. The molecule has 0 fully saturated rings. The van der Waals surface area contributed by atoms with Crippen LogP contribution >= 0.6 is 12.2 Å². The van der Waals surface area contributed by atoms with Gasteiger partial charge in [0.2, 0.25) is 5.91 Å². The van der Waals surface area contributed by atoms with Crippen LogP contribution in [0.2, 0.25) is 0 Å². The van der Waals surface area contributed by atoms with Crippen molar-refractivity contribution < 1.29 is 14.7 Å². The normalized spacial score (nSPS) is 13.2. The number of aliphatic carboxylic acids is 1. The molecule has 1 unspecified atom stereocenters. The molecule has 0 saturated heterocycles. The number of nitrogens with one attached hydrogen (secondary N) is 1. The lowest BCUT2D eigenvalue weighted by Crippen LogP contribution is -2.27. The van der Waals surface area contributed by atoms with Gasteiger partial charge in [-0.15, -0.1) is 0 Å². The highest BCUT2D eigenvalue weighted by molar-refractivity contribution is 7.80. The van der Waals surface area contributed by atoms with Crippen LogP contribution in [0.25, 0.3) is 0 Å². The van der Waals surface area contributed by atoms with Gasteiger partial charge in [0, 0.05) is 38.7 Å². The molecule has 6 heteroatoms. The average Bonchev–Trinajstić information content (AvgIpc) is 2.63. The highest BCUT2D eigenvalue weighted by Gasteiger charge is 2.16. The zero-order chi connectivity index (χ0) is 20.8. The third kappa shape index (κ3) is 10.9. The molecular formula is C21H36N2O3S. The molecule has 0 heterocycles. The number of carbonyl (C=O) groups excluding carboxylic acids is 1.